The van der Waals surface area contributed by atoms with Crippen LogP contribution >= 0.6 is 0 Å². The van der Waals surface area contributed by atoms with Crippen LogP contribution in [0.4, 0.5) is 4.39 Å². The molecule has 0 aromatic heterocycles. The van der Waals surface area contributed by atoms with Gasteiger partial charge in [-0.15, -0.1) is 0 Å². The summed E-state index contributed by atoms with van der Waals surface area (Å²) in [5, 5.41) is 0. The van der Waals surface area contributed by atoms with Crippen molar-refractivity contribution in [1.82, 2.24) is 0 Å². The standard InChI is InChI=1S/C14H20BFO3S/c1-13(2)14(3,4)19-15(18-13)11-7-6-8-12(16)10(11)9-20(5)17/h6-8H,9H2,1-5H3. The molecule has 1 aliphatic rings. The molecule has 1 unspecified atom stereocenters. The van der Waals surface area contributed by atoms with Gasteiger partial charge < -0.3 is 9.31 Å². The van der Waals surface area contributed by atoms with Crippen LogP contribution in [-0.2, 0) is 25.9 Å². The molecule has 0 spiro atoms. The van der Waals surface area contributed by atoms with Crippen LogP contribution in [0.1, 0.15) is 33.3 Å². The van der Waals surface area contributed by atoms with Gasteiger partial charge in [-0.1, -0.05) is 12.1 Å². The van der Waals surface area contributed by atoms with Gasteiger partial charge in [0.2, 0.25) is 0 Å². The molecule has 0 amide bonds. The highest BCUT2D eigenvalue weighted by molar-refractivity contribution is 7.83. The maximum absolute atomic E-state index is 14.0. The van der Waals surface area contributed by atoms with Gasteiger partial charge in [0, 0.05) is 22.6 Å². The van der Waals surface area contributed by atoms with Crippen molar-refractivity contribution in [3.63, 3.8) is 0 Å². The lowest BCUT2D eigenvalue weighted by Gasteiger charge is -2.32. The van der Waals surface area contributed by atoms with Crippen LogP contribution in [0, 0.1) is 5.82 Å². The largest absolute Gasteiger partial charge is 0.495 e. The smallest absolute Gasteiger partial charge is 0.399 e. The summed E-state index contributed by atoms with van der Waals surface area (Å²) in [6, 6.07) is 4.77. The van der Waals surface area contributed by atoms with E-state index in [4.69, 9.17) is 9.31 Å². The van der Waals surface area contributed by atoms with E-state index in [1.807, 2.05) is 27.7 Å². The van der Waals surface area contributed by atoms with Gasteiger partial charge in [0.05, 0.1) is 17.0 Å². The third-order valence-corrected chi connectivity index (χ3v) is 4.71. The SMILES string of the molecule is CS(=O)Cc1c(F)cccc1B1OC(C)(C)C(C)(C)O1. The van der Waals surface area contributed by atoms with Crippen molar-refractivity contribution in [3.05, 3.63) is 29.6 Å². The molecule has 110 valence electrons. The molecule has 6 heteroatoms. The molecule has 0 radical (unpaired) electrons. The van der Waals surface area contributed by atoms with Crippen LogP contribution < -0.4 is 5.46 Å². The van der Waals surface area contributed by atoms with Crippen LogP contribution in [0.5, 0.6) is 0 Å². The van der Waals surface area contributed by atoms with E-state index in [2.05, 4.69) is 0 Å². The summed E-state index contributed by atoms with van der Waals surface area (Å²) in [6.45, 7) is 7.79. The Bertz CT molecular complexity index is 529. The lowest BCUT2D eigenvalue weighted by atomic mass is 9.76. The van der Waals surface area contributed by atoms with Gasteiger partial charge in [-0.05, 0) is 39.2 Å². The zero-order chi connectivity index (χ0) is 15.1. The Hall–Kier alpha value is -0.715. The Balaban J connectivity index is 2.40. The minimum Gasteiger partial charge on any atom is -0.399 e. The summed E-state index contributed by atoms with van der Waals surface area (Å²) in [5.74, 6) is -0.209. The van der Waals surface area contributed by atoms with Crippen LogP contribution in [0.15, 0.2) is 18.2 Å². The minimum atomic E-state index is -1.13. The van der Waals surface area contributed by atoms with Crippen molar-refractivity contribution in [3.8, 4) is 0 Å². The first kappa shape index (κ1) is 15.7. The van der Waals surface area contributed by atoms with Gasteiger partial charge in [-0.25, -0.2) is 4.39 Å². The maximum atomic E-state index is 14.0. The molecular formula is C14H20BFO3S. The predicted octanol–water partition coefficient (Wildman–Crippen LogP) is 2.00. The fourth-order valence-electron chi connectivity index (χ4n) is 2.12. The van der Waals surface area contributed by atoms with E-state index in [0.29, 0.717) is 11.0 Å². The first-order valence-corrected chi connectivity index (χ1v) is 8.30. The van der Waals surface area contributed by atoms with E-state index in [9.17, 15) is 8.60 Å². The molecule has 1 saturated heterocycles. The average Bonchev–Trinajstić information content (AvgIpc) is 2.50. The van der Waals surface area contributed by atoms with Crippen molar-refractivity contribution < 1.29 is 17.9 Å². The van der Waals surface area contributed by atoms with E-state index in [1.165, 1.54) is 6.07 Å². The van der Waals surface area contributed by atoms with Gasteiger partial charge >= 0.3 is 7.12 Å². The van der Waals surface area contributed by atoms with E-state index >= 15 is 0 Å². The summed E-state index contributed by atoms with van der Waals surface area (Å²) in [4.78, 5) is 0. The molecule has 0 aliphatic carbocycles. The summed E-state index contributed by atoms with van der Waals surface area (Å²) in [5.41, 5.74) is 0.0740. The van der Waals surface area contributed by atoms with Crippen molar-refractivity contribution >= 4 is 23.4 Å². The normalized spacial score (nSPS) is 22.0. The van der Waals surface area contributed by atoms with Crippen LogP contribution in [0.25, 0.3) is 0 Å². The zero-order valence-electron chi connectivity index (χ0n) is 12.5. The molecule has 0 N–H and O–H groups in total. The Morgan fingerprint density at radius 3 is 2.25 bits per heavy atom. The molecule has 1 atom stereocenters. The molecule has 1 fully saturated rings. The third kappa shape index (κ3) is 2.82. The van der Waals surface area contributed by atoms with E-state index in [0.717, 1.165) is 0 Å². The first-order chi connectivity index (χ1) is 9.14. The van der Waals surface area contributed by atoms with Gasteiger partial charge in [-0.2, -0.15) is 0 Å². The molecule has 1 aliphatic heterocycles. The summed E-state index contributed by atoms with van der Waals surface area (Å²) in [7, 11) is -1.76. The second kappa shape index (κ2) is 5.24. The number of hydrogen-bond acceptors (Lipinski definition) is 3. The first-order valence-electron chi connectivity index (χ1n) is 6.57. The highest BCUT2D eigenvalue weighted by Gasteiger charge is 2.52. The maximum Gasteiger partial charge on any atom is 0.495 e. The number of halogens is 1. The molecule has 2 rings (SSSR count). The Morgan fingerprint density at radius 2 is 1.75 bits per heavy atom. The van der Waals surface area contributed by atoms with Gasteiger partial charge in [0.15, 0.2) is 0 Å². The number of rotatable bonds is 3. The molecule has 1 heterocycles. The minimum absolute atomic E-state index is 0.159. The Labute approximate surface area is 122 Å². The molecule has 1 aromatic carbocycles. The highest BCUT2D eigenvalue weighted by atomic mass is 32.2. The fraction of sp³-hybridized carbons (Fsp3) is 0.571. The molecule has 0 saturated carbocycles. The highest BCUT2D eigenvalue weighted by Crippen LogP contribution is 2.36. The second-order valence-corrected chi connectivity index (χ2v) is 7.55. The fourth-order valence-corrected chi connectivity index (χ4v) is 2.83. The monoisotopic (exact) mass is 298 g/mol. The average molecular weight is 298 g/mol. The predicted molar refractivity (Wildman–Crippen MR) is 79.9 cm³/mol. The molecule has 1 aromatic rings. The summed E-state index contributed by atoms with van der Waals surface area (Å²) >= 11 is 0. The molecule has 3 nitrogen and oxygen atoms in total. The Morgan fingerprint density at radius 1 is 1.20 bits per heavy atom. The second-order valence-electron chi connectivity index (χ2n) is 6.11. The van der Waals surface area contributed by atoms with Crippen molar-refractivity contribution in [2.45, 2.75) is 44.6 Å². The third-order valence-electron chi connectivity index (χ3n) is 4.01. The lowest BCUT2D eigenvalue weighted by Crippen LogP contribution is -2.41. The van der Waals surface area contributed by atoms with Crippen LogP contribution in [0.3, 0.4) is 0 Å². The van der Waals surface area contributed by atoms with Crippen LogP contribution in [-0.4, -0.2) is 28.8 Å². The summed E-state index contributed by atoms with van der Waals surface area (Å²) < 4.78 is 37.3. The van der Waals surface area contributed by atoms with E-state index in [1.54, 1.807) is 18.4 Å². The van der Waals surface area contributed by atoms with Crippen molar-refractivity contribution in [1.29, 1.82) is 0 Å². The van der Waals surface area contributed by atoms with Gasteiger partial charge in [-0.3, -0.25) is 4.21 Å². The van der Waals surface area contributed by atoms with Crippen LogP contribution in [0.2, 0.25) is 0 Å². The number of hydrogen-bond donors (Lipinski definition) is 0. The quantitative estimate of drug-likeness (QED) is 0.801. The Kier molecular flexibility index (Phi) is 4.11. The van der Waals surface area contributed by atoms with Crippen molar-refractivity contribution in [2.75, 3.05) is 6.26 Å². The van der Waals surface area contributed by atoms with Gasteiger partial charge in [0.25, 0.3) is 0 Å². The van der Waals surface area contributed by atoms with E-state index < -0.39 is 29.1 Å². The van der Waals surface area contributed by atoms with E-state index in [-0.39, 0.29) is 11.6 Å². The topological polar surface area (TPSA) is 35.5 Å². The lowest BCUT2D eigenvalue weighted by molar-refractivity contribution is 0.00578. The molecular weight excluding hydrogens is 278 g/mol. The van der Waals surface area contributed by atoms with Gasteiger partial charge in [0.1, 0.15) is 5.82 Å². The molecule has 0 bridgehead atoms. The number of benzene rings is 1. The summed E-state index contributed by atoms with van der Waals surface area (Å²) in [6.07, 6.45) is 1.56. The van der Waals surface area contributed by atoms with Crippen molar-refractivity contribution in [2.24, 2.45) is 0 Å². The zero-order valence-corrected chi connectivity index (χ0v) is 13.3. The molecule has 20 heavy (non-hydrogen) atoms.